The zero-order valence-electron chi connectivity index (χ0n) is 39.1. The molecule has 0 aliphatic heterocycles. The Morgan fingerprint density at radius 2 is 0.738 bits per heavy atom. The van der Waals surface area contributed by atoms with Crippen molar-refractivity contribution in [3.8, 4) is 0 Å². The second-order valence-corrected chi connectivity index (χ2v) is 15.7. The Labute approximate surface area is 374 Å². The van der Waals surface area contributed by atoms with Crippen LogP contribution in [0.5, 0.6) is 0 Å². The van der Waals surface area contributed by atoms with Crippen molar-refractivity contribution in [2.24, 2.45) is 0 Å². The highest BCUT2D eigenvalue weighted by molar-refractivity contribution is 5.71. The van der Waals surface area contributed by atoms with Crippen LogP contribution < -0.4 is 0 Å². The van der Waals surface area contributed by atoms with Gasteiger partial charge in [-0.05, 0) is 96.3 Å². The maximum atomic E-state index is 12.8. The fraction of sp³-hybridized carbons (Fsp3) is 0.618. The first-order valence-electron chi connectivity index (χ1n) is 24.4. The number of ether oxygens (including phenoxy) is 3. The van der Waals surface area contributed by atoms with E-state index in [0.717, 1.165) is 103 Å². The molecule has 0 fully saturated rings. The first-order valence-corrected chi connectivity index (χ1v) is 24.4. The Hall–Kier alpha value is -3.93. The third-order valence-electron chi connectivity index (χ3n) is 9.84. The second kappa shape index (κ2) is 48.7. The normalized spacial score (nSPS) is 13.0. The van der Waals surface area contributed by atoms with Crippen LogP contribution in [0.3, 0.4) is 0 Å². The number of hydrogen-bond acceptors (Lipinski definition) is 6. The number of carbonyl (C=O) groups is 3. The molecule has 0 N–H and O–H groups in total. The number of hydrogen-bond donors (Lipinski definition) is 0. The van der Waals surface area contributed by atoms with Gasteiger partial charge in [-0.25, -0.2) is 0 Å². The van der Waals surface area contributed by atoms with Gasteiger partial charge in [-0.3, -0.25) is 14.4 Å². The summed E-state index contributed by atoms with van der Waals surface area (Å²) < 4.78 is 16.7. The Bertz CT molecular complexity index is 1290. The topological polar surface area (TPSA) is 78.9 Å². The van der Waals surface area contributed by atoms with Crippen molar-refractivity contribution in [2.45, 2.75) is 207 Å². The van der Waals surface area contributed by atoms with E-state index in [1.807, 2.05) is 24.3 Å². The number of unbranched alkanes of at least 4 members (excludes halogenated alkanes) is 16. The minimum atomic E-state index is -0.815. The van der Waals surface area contributed by atoms with Crippen LogP contribution in [0.1, 0.15) is 201 Å². The van der Waals surface area contributed by atoms with E-state index in [2.05, 4.69) is 106 Å². The minimum Gasteiger partial charge on any atom is -0.462 e. The van der Waals surface area contributed by atoms with Crippen molar-refractivity contribution < 1.29 is 28.6 Å². The monoisotopic (exact) mass is 845 g/mol. The van der Waals surface area contributed by atoms with Gasteiger partial charge in [0.05, 0.1) is 0 Å². The van der Waals surface area contributed by atoms with Gasteiger partial charge in [-0.1, -0.05) is 194 Å². The molecule has 0 spiro atoms. The summed E-state index contributed by atoms with van der Waals surface area (Å²) in [6.07, 6.45) is 65.0. The Morgan fingerprint density at radius 1 is 0.361 bits per heavy atom. The first kappa shape index (κ1) is 57.1. The van der Waals surface area contributed by atoms with Gasteiger partial charge >= 0.3 is 17.9 Å². The molecule has 344 valence electrons. The predicted octanol–water partition coefficient (Wildman–Crippen LogP) is 16.0. The maximum absolute atomic E-state index is 12.8. The molecule has 0 saturated heterocycles. The summed E-state index contributed by atoms with van der Waals surface area (Å²) in [5, 5.41) is 0. The number of allylic oxidation sites excluding steroid dienone is 18. The van der Waals surface area contributed by atoms with Crippen molar-refractivity contribution >= 4 is 17.9 Å². The van der Waals surface area contributed by atoms with Crippen molar-refractivity contribution in [1.82, 2.24) is 0 Å². The molecule has 0 bridgehead atoms. The highest BCUT2D eigenvalue weighted by atomic mass is 16.6. The highest BCUT2D eigenvalue weighted by Gasteiger charge is 2.19. The van der Waals surface area contributed by atoms with Crippen LogP contribution in [0.4, 0.5) is 0 Å². The average Bonchev–Trinajstić information content (AvgIpc) is 3.26. The lowest BCUT2D eigenvalue weighted by Gasteiger charge is -2.18. The standard InChI is InChI=1S/C55H88O6/c1-4-7-10-13-16-19-22-24-26-27-29-30-33-36-39-42-45-48-54(57)60-51-52(50-59-53(56)47-44-41-38-35-32-21-18-15-12-9-6-3)61-55(58)49-46-43-40-37-34-31-28-25-23-20-17-14-11-8-5-2/h8-9,11-12,14,16-21,23-26,28,35,38,52H,4-7,10,13,15,22,27,29-34,36-37,39-51H2,1-3H3/b11-8-,12-9-,17-14-,19-16-,21-18-,23-20-,26-24-,28-25-,38-35-. The van der Waals surface area contributed by atoms with Crippen LogP contribution >= 0.6 is 0 Å². The zero-order chi connectivity index (χ0) is 44.4. The summed E-state index contributed by atoms with van der Waals surface area (Å²) in [4.78, 5) is 37.9. The molecule has 0 saturated carbocycles. The van der Waals surface area contributed by atoms with E-state index in [0.29, 0.717) is 12.8 Å². The number of esters is 3. The number of rotatable bonds is 42. The van der Waals surface area contributed by atoms with Crippen LogP contribution in [0.25, 0.3) is 0 Å². The molecule has 0 aromatic heterocycles. The van der Waals surface area contributed by atoms with E-state index in [1.54, 1.807) is 0 Å². The van der Waals surface area contributed by atoms with E-state index >= 15 is 0 Å². The molecule has 1 unspecified atom stereocenters. The molecular formula is C55H88O6. The summed E-state index contributed by atoms with van der Waals surface area (Å²) in [6, 6.07) is 0. The van der Waals surface area contributed by atoms with Gasteiger partial charge in [0.25, 0.3) is 0 Å². The zero-order valence-corrected chi connectivity index (χ0v) is 39.1. The molecule has 0 radical (unpaired) electrons. The molecule has 0 heterocycles. The molecule has 0 aliphatic carbocycles. The van der Waals surface area contributed by atoms with Gasteiger partial charge in [0.15, 0.2) is 6.10 Å². The lowest BCUT2D eigenvalue weighted by atomic mass is 10.1. The molecule has 6 nitrogen and oxygen atoms in total. The quantitative estimate of drug-likeness (QED) is 0.0200. The van der Waals surface area contributed by atoms with Crippen LogP contribution in [-0.2, 0) is 28.6 Å². The summed E-state index contributed by atoms with van der Waals surface area (Å²) in [5.74, 6) is -1.01. The molecule has 1 atom stereocenters. The van der Waals surface area contributed by atoms with Crippen LogP contribution in [0.15, 0.2) is 109 Å². The van der Waals surface area contributed by atoms with Crippen LogP contribution in [-0.4, -0.2) is 37.2 Å². The maximum Gasteiger partial charge on any atom is 0.306 e. The van der Waals surface area contributed by atoms with Crippen LogP contribution in [0.2, 0.25) is 0 Å². The smallest absolute Gasteiger partial charge is 0.306 e. The van der Waals surface area contributed by atoms with E-state index in [4.69, 9.17) is 14.2 Å². The molecule has 61 heavy (non-hydrogen) atoms. The van der Waals surface area contributed by atoms with Crippen LogP contribution in [0, 0.1) is 0 Å². The Kier molecular flexibility index (Phi) is 45.6. The summed E-state index contributed by atoms with van der Waals surface area (Å²) in [6.45, 7) is 6.26. The van der Waals surface area contributed by atoms with Crippen molar-refractivity contribution in [3.05, 3.63) is 109 Å². The lowest BCUT2D eigenvalue weighted by molar-refractivity contribution is -0.167. The van der Waals surface area contributed by atoms with E-state index < -0.39 is 6.10 Å². The molecular weight excluding hydrogens is 757 g/mol. The molecule has 0 rings (SSSR count). The Balaban J connectivity index is 4.49. The number of carbonyl (C=O) groups excluding carboxylic acids is 3. The summed E-state index contributed by atoms with van der Waals surface area (Å²) in [5.41, 5.74) is 0. The fourth-order valence-electron chi connectivity index (χ4n) is 6.21. The van der Waals surface area contributed by atoms with E-state index in [9.17, 15) is 14.4 Å². The second-order valence-electron chi connectivity index (χ2n) is 15.7. The SMILES string of the molecule is CC\C=C/C=C\C=C/C=C\CCCCCCCC(=O)OC(COC(=O)CCC/C=C\C/C=C\C/C=C\CC)COC(=O)CCCCCCCCC/C=C\C/C=C\CCCCC. The van der Waals surface area contributed by atoms with Crippen molar-refractivity contribution in [1.29, 1.82) is 0 Å². The van der Waals surface area contributed by atoms with E-state index in [-0.39, 0.29) is 44.0 Å². The van der Waals surface area contributed by atoms with Crippen molar-refractivity contribution in [3.63, 3.8) is 0 Å². The van der Waals surface area contributed by atoms with Gasteiger partial charge in [-0.2, -0.15) is 0 Å². The highest BCUT2D eigenvalue weighted by Crippen LogP contribution is 2.13. The predicted molar refractivity (Wildman–Crippen MR) is 260 cm³/mol. The molecule has 0 aliphatic rings. The van der Waals surface area contributed by atoms with Gasteiger partial charge in [0.2, 0.25) is 0 Å². The fourth-order valence-corrected chi connectivity index (χ4v) is 6.21. The lowest BCUT2D eigenvalue weighted by Crippen LogP contribution is -2.30. The Morgan fingerprint density at radius 3 is 1.26 bits per heavy atom. The van der Waals surface area contributed by atoms with Gasteiger partial charge in [0, 0.05) is 19.3 Å². The average molecular weight is 845 g/mol. The molecule has 0 aromatic carbocycles. The summed E-state index contributed by atoms with van der Waals surface area (Å²) in [7, 11) is 0. The largest absolute Gasteiger partial charge is 0.462 e. The van der Waals surface area contributed by atoms with Gasteiger partial charge in [-0.15, -0.1) is 0 Å². The van der Waals surface area contributed by atoms with Crippen molar-refractivity contribution in [2.75, 3.05) is 13.2 Å². The summed E-state index contributed by atoms with van der Waals surface area (Å²) >= 11 is 0. The third-order valence-corrected chi connectivity index (χ3v) is 9.84. The minimum absolute atomic E-state index is 0.110. The van der Waals surface area contributed by atoms with Gasteiger partial charge in [0.1, 0.15) is 13.2 Å². The molecule has 0 aromatic rings. The third kappa shape index (κ3) is 47.0. The van der Waals surface area contributed by atoms with E-state index in [1.165, 1.54) is 51.4 Å². The van der Waals surface area contributed by atoms with Gasteiger partial charge < -0.3 is 14.2 Å². The molecule has 6 heteroatoms. The molecule has 0 amide bonds. The first-order chi connectivity index (χ1) is 30.0.